The SMILES string of the molecule is O=C(NCc1nnc(-c2ccccc2F)o1)N1CCOCC1. The number of carbonyl (C=O) groups is 1. The molecule has 0 spiro atoms. The van der Waals surface area contributed by atoms with Gasteiger partial charge in [0.05, 0.1) is 25.3 Å². The maximum Gasteiger partial charge on any atom is 0.317 e. The van der Waals surface area contributed by atoms with E-state index in [0.29, 0.717) is 26.3 Å². The number of hydrogen-bond donors (Lipinski definition) is 1. The zero-order valence-corrected chi connectivity index (χ0v) is 11.8. The molecule has 7 nitrogen and oxygen atoms in total. The molecule has 8 heteroatoms. The Kier molecular flexibility index (Phi) is 4.29. The number of carbonyl (C=O) groups excluding carboxylic acids is 1. The van der Waals surface area contributed by atoms with Crippen LogP contribution in [0.4, 0.5) is 9.18 Å². The average molecular weight is 306 g/mol. The molecule has 1 saturated heterocycles. The van der Waals surface area contributed by atoms with E-state index in [1.54, 1.807) is 23.1 Å². The van der Waals surface area contributed by atoms with Crippen LogP contribution in [0.1, 0.15) is 5.89 Å². The number of hydrogen-bond acceptors (Lipinski definition) is 5. The maximum atomic E-state index is 13.6. The van der Waals surface area contributed by atoms with Gasteiger partial charge in [0, 0.05) is 13.1 Å². The lowest BCUT2D eigenvalue weighted by Gasteiger charge is -2.26. The molecule has 3 rings (SSSR count). The molecule has 1 fully saturated rings. The van der Waals surface area contributed by atoms with Gasteiger partial charge in [0.25, 0.3) is 5.89 Å². The molecule has 0 saturated carbocycles. The van der Waals surface area contributed by atoms with Crippen LogP contribution in [0, 0.1) is 5.82 Å². The summed E-state index contributed by atoms with van der Waals surface area (Å²) >= 11 is 0. The Bertz CT molecular complexity index is 655. The quantitative estimate of drug-likeness (QED) is 0.927. The van der Waals surface area contributed by atoms with Crippen molar-refractivity contribution >= 4 is 6.03 Å². The summed E-state index contributed by atoms with van der Waals surface area (Å²) in [6.07, 6.45) is 0. The summed E-state index contributed by atoms with van der Waals surface area (Å²) in [5.74, 6) is -0.122. The molecule has 2 heterocycles. The topological polar surface area (TPSA) is 80.5 Å². The molecule has 116 valence electrons. The number of aromatic nitrogens is 2. The Morgan fingerprint density at radius 2 is 2.05 bits per heavy atom. The highest BCUT2D eigenvalue weighted by atomic mass is 19.1. The van der Waals surface area contributed by atoms with E-state index in [-0.39, 0.29) is 29.9 Å². The molecule has 2 amide bonds. The molecule has 0 radical (unpaired) electrons. The van der Waals surface area contributed by atoms with Crippen LogP contribution in [0.3, 0.4) is 0 Å². The molecule has 0 unspecified atom stereocenters. The Morgan fingerprint density at radius 1 is 1.27 bits per heavy atom. The Labute approximate surface area is 126 Å². The Hall–Kier alpha value is -2.48. The summed E-state index contributed by atoms with van der Waals surface area (Å²) in [6.45, 7) is 2.26. The van der Waals surface area contributed by atoms with E-state index in [1.165, 1.54) is 6.07 Å². The van der Waals surface area contributed by atoms with Crippen LogP contribution in [0.15, 0.2) is 28.7 Å². The molecule has 1 aliphatic rings. The number of benzene rings is 1. The van der Waals surface area contributed by atoms with Crippen molar-refractivity contribution in [2.24, 2.45) is 0 Å². The molecular weight excluding hydrogens is 291 g/mol. The van der Waals surface area contributed by atoms with Gasteiger partial charge in [0.15, 0.2) is 0 Å². The van der Waals surface area contributed by atoms with Crippen molar-refractivity contribution in [1.82, 2.24) is 20.4 Å². The van der Waals surface area contributed by atoms with Gasteiger partial charge >= 0.3 is 6.03 Å². The number of urea groups is 1. The monoisotopic (exact) mass is 306 g/mol. The predicted molar refractivity (Wildman–Crippen MR) is 74.3 cm³/mol. The van der Waals surface area contributed by atoms with Gasteiger partial charge in [0.2, 0.25) is 5.89 Å². The minimum atomic E-state index is -0.435. The molecule has 1 aromatic carbocycles. The highest BCUT2D eigenvalue weighted by Gasteiger charge is 2.18. The van der Waals surface area contributed by atoms with Gasteiger partial charge < -0.3 is 19.4 Å². The lowest BCUT2D eigenvalue weighted by Crippen LogP contribution is -2.45. The van der Waals surface area contributed by atoms with Gasteiger partial charge in [-0.1, -0.05) is 12.1 Å². The van der Waals surface area contributed by atoms with Crippen molar-refractivity contribution in [2.75, 3.05) is 26.3 Å². The van der Waals surface area contributed by atoms with Gasteiger partial charge in [-0.05, 0) is 12.1 Å². The van der Waals surface area contributed by atoms with Crippen LogP contribution >= 0.6 is 0 Å². The van der Waals surface area contributed by atoms with E-state index in [1.807, 2.05) is 0 Å². The van der Waals surface area contributed by atoms with Gasteiger partial charge in [-0.15, -0.1) is 10.2 Å². The largest absolute Gasteiger partial charge is 0.419 e. The summed E-state index contributed by atoms with van der Waals surface area (Å²) < 4.78 is 24.2. The minimum absolute atomic E-state index is 0.0914. The van der Waals surface area contributed by atoms with Crippen molar-refractivity contribution in [3.05, 3.63) is 36.0 Å². The first-order valence-electron chi connectivity index (χ1n) is 6.92. The first-order valence-corrected chi connectivity index (χ1v) is 6.92. The first kappa shape index (κ1) is 14.5. The zero-order chi connectivity index (χ0) is 15.4. The van der Waals surface area contributed by atoms with Crippen molar-refractivity contribution in [1.29, 1.82) is 0 Å². The fraction of sp³-hybridized carbons (Fsp3) is 0.357. The predicted octanol–water partition coefficient (Wildman–Crippen LogP) is 1.42. The normalized spacial score (nSPS) is 14.9. The highest BCUT2D eigenvalue weighted by molar-refractivity contribution is 5.74. The summed E-state index contributed by atoms with van der Waals surface area (Å²) in [6, 6.07) is 5.92. The smallest absolute Gasteiger partial charge is 0.317 e. The molecule has 1 N–H and O–H groups in total. The van der Waals surface area contributed by atoms with Crippen molar-refractivity contribution < 1.29 is 18.3 Å². The van der Waals surface area contributed by atoms with Crippen LogP contribution in [-0.2, 0) is 11.3 Å². The van der Waals surface area contributed by atoms with Gasteiger partial charge in [-0.2, -0.15) is 0 Å². The van der Waals surface area contributed by atoms with Crippen molar-refractivity contribution in [2.45, 2.75) is 6.54 Å². The third-order valence-electron chi connectivity index (χ3n) is 3.26. The summed E-state index contributed by atoms with van der Waals surface area (Å²) in [5.41, 5.74) is 0.237. The summed E-state index contributed by atoms with van der Waals surface area (Å²) in [7, 11) is 0. The third-order valence-corrected chi connectivity index (χ3v) is 3.26. The Balaban J connectivity index is 1.60. The van der Waals surface area contributed by atoms with Crippen molar-refractivity contribution in [3.8, 4) is 11.5 Å². The number of amides is 2. The molecule has 1 aliphatic heterocycles. The highest BCUT2D eigenvalue weighted by Crippen LogP contribution is 2.20. The fourth-order valence-corrected chi connectivity index (χ4v) is 2.10. The van der Waals surface area contributed by atoms with E-state index in [0.717, 1.165) is 0 Å². The molecule has 22 heavy (non-hydrogen) atoms. The van der Waals surface area contributed by atoms with Crippen molar-refractivity contribution in [3.63, 3.8) is 0 Å². The lowest BCUT2D eigenvalue weighted by atomic mass is 10.2. The fourth-order valence-electron chi connectivity index (χ4n) is 2.10. The zero-order valence-electron chi connectivity index (χ0n) is 11.8. The number of ether oxygens (including phenoxy) is 1. The molecule has 1 aromatic heterocycles. The van der Waals surface area contributed by atoms with Crippen LogP contribution in [0.2, 0.25) is 0 Å². The second-order valence-electron chi connectivity index (χ2n) is 4.74. The average Bonchev–Trinajstić information content (AvgIpc) is 3.02. The summed E-state index contributed by atoms with van der Waals surface area (Å²) in [5, 5.41) is 10.3. The Morgan fingerprint density at radius 3 is 2.82 bits per heavy atom. The first-order chi connectivity index (χ1) is 10.7. The van der Waals surface area contributed by atoms with Gasteiger partial charge in [-0.3, -0.25) is 0 Å². The molecule has 0 atom stereocenters. The maximum absolute atomic E-state index is 13.6. The van der Waals surface area contributed by atoms with Crippen LogP contribution in [0.5, 0.6) is 0 Å². The van der Waals surface area contributed by atoms with Crippen LogP contribution < -0.4 is 5.32 Å². The number of nitrogens with one attached hydrogen (secondary N) is 1. The lowest BCUT2D eigenvalue weighted by molar-refractivity contribution is 0.0530. The molecule has 2 aromatic rings. The molecular formula is C14H15FN4O3. The van der Waals surface area contributed by atoms with Gasteiger partial charge in [0.1, 0.15) is 5.82 Å². The van der Waals surface area contributed by atoms with E-state index < -0.39 is 5.82 Å². The minimum Gasteiger partial charge on any atom is -0.419 e. The number of morpholine rings is 1. The summed E-state index contributed by atoms with van der Waals surface area (Å²) in [4.78, 5) is 13.6. The standard InChI is InChI=1S/C14H15FN4O3/c15-11-4-2-1-3-10(11)13-18-17-12(22-13)9-16-14(20)19-5-7-21-8-6-19/h1-4H,5-9H2,(H,16,20). The van der Waals surface area contributed by atoms with Crippen LogP contribution in [-0.4, -0.2) is 47.4 Å². The van der Waals surface area contributed by atoms with E-state index in [9.17, 15) is 9.18 Å². The number of rotatable bonds is 3. The number of nitrogens with zero attached hydrogens (tertiary/aromatic N) is 3. The van der Waals surface area contributed by atoms with Crippen LogP contribution in [0.25, 0.3) is 11.5 Å². The molecule has 0 aliphatic carbocycles. The van der Waals surface area contributed by atoms with E-state index in [4.69, 9.17) is 9.15 Å². The van der Waals surface area contributed by atoms with Gasteiger partial charge in [-0.25, -0.2) is 9.18 Å². The second-order valence-corrected chi connectivity index (χ2v) is 4.74. The third kappa shape index (κ3) is 3.22. The van der Waals surface area contributed by atoms with E-state index in [2.05, 4.69) is 15.5 Å². The number of halogens is 1. The van der Waals surface area contributed by atoms with E-state index >= 15 is 0 Å². The molecule has 0 bridgehead atoms. The second kappa shape index (κ2) is 6.52.